The Labute approximate surface area is 255 Å². The van der Waals surface area contributed by atoms with Crippen LogP contribution in [0.3, 0.4) is 0 Å². The molecule has 1 aliphatic heterocycles. The van der Waals surface area contributed by atoms with E-state index in [9.17, 15) is 0 Å². The molecule has 0 saturated carbocycles. The van der Waals surface area contributed by atoms with Gasteiger partial charge in [-0.05, 0) is 97.7 Å². The van der Waals surface area contributed by atoms with E-state index in [-0.39, 0.29) is 0 Å². The minimum absolute atomic E-state index is 0.530. The fraction of sp³-hybridized carbons (Fsp3) is 0.323. The molecule has 0 bridgehead atoms. The van der Waals surface area contributed by atoms with Crippen molar-refractivity contribution in [2.45, 2.75) is 38.9 Å². The second-order valence-electron chi connectivity index (χ2n) is 10.7. The number of para-hydroxylation sites is 1. The molecule has 41 heavy (non-hydrogen) atoms. The van der Waals surface area contributed by atoms with Crippen molar-refractivity contribution in [3.05, 3.63) is 64.4 Å². The predicted molar refractivity (Wildman–Crippen MR) is 169 cm³/mol. The molecule has 0 aliphatic carbocycles. The molecule has 0 amide bonds. The molecule has 214 valence electrons. The first kappa shape index (κ1) is 29.3. The van der Waals surface area contributed by atoms with Crippen molar-refractivity contribution in [3.8, 4) is 51.1 Å². The molecule has 1 saturated heterocycles. The van der Waals surface area contributed by atoms with Crippen molar-refractivity contribution >= 4 is 35.2 Å². The van der Waals surface area contributed by atoms with Crippen LogP contribution >= 0.6 is 22.6 Å². The van der Waals surface area contributed by atoms with Gasteiger partial charge in [0.25, 0.3) is 0 Å². The molecule has 0 N–H and O–H groups in total. The Bertz CT molecular complexity index is 1550. The van der Waals surface area contributed by atoms with Crippen molar-refractivity contribution < 1.29 is 28.3 Å². The zero-order valence-electron chi connectivity index (χ0n) is 24.6. The van der Waals surface area contributed by atoms with Crippen molar-refractivity contribution in [1.29, 1.82) is 0 Å². The van der Waals surface area contributed by atoms with Crippen LogP contribution < -0.4 is 24.4 Å². The van der Waals surface area contributed by atoms with Gasteiger partial charge in [0, 0.05) is 14.7 Å². The summed E-state index contributed by atoms with van der Waals surface area (Å²) in [4.78, 5) is 0. The molecule has 5 rings (SSSR count). The molecular weight excluding hydrogens is 634 g/mol. The summed E-state index contributed by atoms with van der Waals surface area (Å²) in [7, 11) is 5.87. The lowest BCUT2D eigenvalue weighted by molar-refractivity contribution is 0.00578. The predicted octanol–water partition coefficient (Wildman–Crippen LogP) is 6.14. The number of benzene rings is 3. The molecule has 1 aliphatic rings. The molecule has 8 nitrogen and oxygen atoms in total. The molecule has 0 atom stereocenters. The van der Waals surface area contributed by atoms with Crippen molar-refractivity contribution in [2.75, 3.05) is 28.4 Å². The van der Waals surface area contributed by atoms with E-state index < -0.39 is 18.3 Å². The summed E-state index contributed by atoms with van der Waals surface area (Å²) in [5.41, 5.74) is 4.17. The van der Waals surface area contributed by atoms with Gasteiger partial charge in [0.05, 0.1) is 57.2 Å². The van der Waals surface area contributed by atoms with Crippen LogP contribution in [0.5, 0.6) is 23.0 Å². The zero-order chi connectivity index (χ0) is 29.5. The second-order valence-corrected chi connectivity index (χ2v) is 11.9. The van der Waals surface area contributed by atoms with E-state index in [1.807, 2.05) is 93.2 Å². The van der Waals surface area contributed by atoms with Crippen molar-refractivity contribution in [1.82, 2.24) is 9.78 Å². The normalized spacial score (nSPS) is 15.6. The van der Waals surface area contributed by atoms with E-state index in [0.717, 1.165) is 37.1 Å². The lowest BCUT2D eigenvalue weighted by Gasteiger charge is -2.32. The summed E-state index contributed by atoms with van der Waals surface area (Å²) in [6, 6.07) is 17.9. The zero-order valence-corrected chi connectivity index (χ0v) is 26.7. The van der Waals surface area contributed by atoms with Crippen LogP contribution in [-0.2, 0) is 9.31 Å². The molecule has 3 aromatic carbocycles. The highest BCUT2D eigenvalue weighted by Crippen LogP contribution is 2.44. The molecule has 4 aromatic rings. The molecular formula is C31H34BIN2O6. The Morgan fingerprint density at radius 3 is 1.78 bits per heavy atom. The molecule has 2 heterocycles. The Balaban J connectivity index is 1.82. The Hall–Kier alpha value is -3.22. The molecule has 1 aromatic heterocycles. The van der Waals surface area contributed by atoms with Crippen LogP contribution in [0.25, 0.3) is 28.1 Å². The molecule has 0 unspecified atom stereocenters. The van der Waals surface area contributed by atoms with Gasteiger partial charge in [-0.3, -0.25) is 0 Å². The van der Waals surface area contributed by atoms with Gasteiger partial charge in [-0.15, -0.1) is 0 Å². The summed E-state index contributed by atoms with van der Waals surface area (Å²) < 4.78 is 38.7. The molecule has 0 spiro atoms. The van der Waals surface area contributed by atoms with Crippen molar-refractivity contribution in [2.24, 2.45) is 0 Å². The highest BCUT2D eigenvalue weighted by Gasteiger charge is 2.52. The smallest absolute Gasteiger partial charge is 0.493 e. The summed E-state index contributed by atoms with van der Waals surface area (Å²) in [5.74, 6) is 2.44. The number of hydrogen-bond donors (Lipinski definition) is 0. The van der Waals surface area contributed by atoms with E-state index in [4.69, 9.17) is 33.4 Å². The first-order valence-electron chi connectivity index (χ1n) is 13.2. The number of halogens is 1. The van der Waals surface area contributed by atoms with Gasteiger partial charge >= 0.3 is 7.12 Å². The van der Waals surface area contributed by atoms with E-state index in [1.165, 1.54) is 0 Å². The lowest BCUT2D eigenvalue weighted by Crippen LogP contribution is -2.41. The number of nitrogens with zero attached hydrogens (tertiary/aromatic N) is 2. The average Bonchev–Trinajstić information content (AvgIpc) is 3.49. The lowest BCUT2D eigenvalue weighted by atomic mass is 9.74. The van der Waals surface area contributed by atoms with Crippen molar-refractivity contribution in [3.63, 3.8) is 0 Å². The van der Waals surface area contributed by atoms with E-state index in [0.29, 0.717) is 23.0 Å². The van der Waals surface area contributed by atoms with E-state index in [2.05, 4.69) is 22.6 Å². The van der Waals surface area contributed by atoms with Crippen LogP contribution in [0.15, 0.2) is 60.8 Å². The van der Waals surface area contributed by atoms with Crippen LogP contribution in [0, 0.1) is 3.57 Å². The molecule has 10 heteroatoms. The van der Waals surface area contributed by atoms with Crippen LogP contribution in [0.1, 0.15) is 27.7 Å². The summed E-state index contributed by atoms with van der Waals surface area (Å²) >= 11 is 2.33. The number of aromatic nitrogens is 2. The second kappa shape index (κ2) is 11.2. The van der Waals surface area contributed by atoms with Gasteiger partial charge in [0.2, 0.25) is 0 Å². The third-order valence-corrected chi connectivity index (χ3v) is 8.74. The third kappa shape index (κ3) is 5.17. The van der Waals surface area contributed by atoms with Crippen LogP contribution in [0.2, 0.25) is 0 Å². The van der Waals surface area contributed by atoms with Gasteiger partial charge in [-0.25, -0.2) is 4.68 Å². The molecule has 0 radical (unpaired) electrons. The quantitative estimate of drug-likeness (QED) is 0.165. The topological polar surface area (TPSA) is 73.2 Å². The highest BCUT2D eigenvalue weighted by molar-refractivity contribution is 14.1. The fourth-order valence-corrected chi connectivity index (χ4v) is 5.59. The monoisotopic (exact) mass is 668 g/mol. The minimum atomic E-state index is -0.646. The van der Waals surface area contributed by atoms with E-state index in [1.54, 1.807) is 28.4 Å². The summed E-state index contributed by atoms with van der Waals surface area (Å²) in [6.45, 7) is 8.16. The number of ether oxygens (including phenoxy) is 4. The maximum absolute atomic E-state index is 6.53. The largest absolute Gasteiger partial charge is 0.495 e. The average molecular weight is 668 g/mol. The fourth-order valence-electron chi connectivity index (χ4n) is 4.90. The SMILES string of the molecule is COc1cc(I)c(-c2c(-c3cc(OC)c(OC)cc3B3OC(C)(C)C(C)(C)O3)cnn2-c2ccccc2)cc1OC. The van der Waals surface area contributed by atoms with Gasteiger partial charge in [0.1, 0.15) is 0 Å². The van der Waals surface area contributed by atoms with Gasteiger partial charge in [-0.2, -0.15) is 5.10 Å². The maximum Gasteiger partial charge on any atom is 0.495 e. The summed E-state index contributed by atoms with van der Waals surface area (Å²) in [5, 5.41) is 4.89. The van der Waals surface area contributed by atoms with E-state index >= 15 is 0 Å². The van der Waals surface area contributed by atoms with Gasteiger partial charge in [-0.1, -0.05) is 18.2 Å². The minimum Gasteiger partial charge on any atom is -0.493 e. The summed E-state index contributed by atoms with van der Waals surface area (Å²) in [6.07, 6.45) is 1.87. The Morgan fingerprint density at radius 2 is 1.22 bits per heavy atom. The maximum atomic E-state index is 6.53. The number of methoxy groups -OCH3 is 4. The Morgan fingerprint density at radius 1 is 0.707 bits per heavy atom. The standard InChI is InChI=1S/C31H34BIN2O6/c1-30(2)31(3,4)41-32(40-30)23-16-27(38-7)25(36-5)14-20(23)22-18-34-35(19-12-10-9-11-13-19)29(22)21-15-26(37-6)28(39-8)17-24(21)33/h9-18H,1-8H3. The first-order valence-corrected chi connectivity index (χ1v) is 14.3. The van der Waals surface area contributed by atoms with Crippen LogP contribution in [-0.4, -0.2) is 56.5 Å². The number of hydrogen-bond acceptors (Lipinski definition) is 7. The highest BCUT2D eigenvalue weighted by atomic mass is 127. The third-order valence-electron chi connectivity index (χ3n) is 7.85. The first-order chi connectivity index (χ1) is 19.5. The van der Waals surface area contributed by atoms with Gasteiger partial charge in [0.15, 0.2) is 23.0 Å². The Kier molecular flexibility index (Phi) is 8.02. The van der Waals surface area contributed by atoms with Crippen LogP contribution in [0.4, 0.5) is 0 Å². The number of rotatable bonds is 8. The molecule has 1 fully saturated rings. The van der Waals surface area contributed by atoms with Gasteiger partial charge < -0.3 is 28.3 Å².